The maximum absolute atomic E-state index is 12.7. The van der Waals surface area contributed by atoms with Gasteiger partial charge in [0.2, 0.25) is 0 Å². The molecule has 0 amide bonds. The average Bonchev–Trinajstić information content (AvgIpc) is 2.74. The van der Waals surface area contributed by atoms with E-state index >= 15 is 0 Å². The number of hydrogen-bond donors (Lipinski definition) is 1. The van der Waals surface area contributed by atoms with E-state index in [1.165, 1.54) is 11.3 Å². The van der Waals surface area contributed by atoms with E-state index in [-0.39, 0.29) is 12.1 Å². The van der Waals surface area contributed by atoms with Crippen LogP contribution in [0.4, 0.5) is 0 Å². The summed E-state index contributed by atoms with van der Waals surface area (Å²) in [5.41, 5.74) is 0.668. The minimum Gasteiger partial charge on any atom is -0.391 e. The smallest absolute Gasteiger partial charge is 0.252 e. The Labute approximate surface area is 124 Å². The normalized spacial score (nSPS) is 21.2. The van der Waals surface area contributed by atoms with Crippen molar-refractivity contribution in [1.29, 1.82) is 0 Å². The number of hydrogen-bond acceptors (Lipinski definition) is 5. The van der Waals surface area contributed by atoms with Crippen LogP contribution in [0.5, 0.6) is 0 Å². The maximum atomic E-state index is 12.7. The largest absolute Gasteiger partial charge is 0.391 e. The second kappa shape index (κ2) is 5.38. The van der Waals surface area contributed by atoms with Crippen LogP contribution >= 0.6 is 11.3 Å². The molecule has 0 saturated carbocycles. The summed E-state index contributed by atoms with van der Waals surface area (Å²) in [7, 11) is -1.44. The topological polar surface area (TPSA) is 60.9 Å². The predicted octanol–water partition coefficient (Wildman–Crippen LogP) is 1.26. The average molecular weight is 318 g/mol. The summed E-state index contributed by atoms with van der Waals surface area (Å²) in [5, 5.41) is 9.22. The molecule has 1 aromatic rings. The van der Waals surface area contributed by atoms with Crippen LogP contribution in [0.15, 0.2) is 10.3 Å². The second-order valence-corrected chi connectivity index (χ2v) is 9.20. The number of rotatable bonds is 3. The summed E-state index contributed by atoms with van der Waals surface area (Å²) in [5.74, 6) is 0. The van der Waals surface area contributed by atoms with Gasteiger partial charge in [0.15, 0.2) is 0 Å². The predicted molar refractivity (Wildman–Crippen MR) is 80.4 cm³/mol. The van der Waals surface area contributed by atoms with Crippen molar-refractivity contribution >= 4 is 21.4 Å². The monoisotopic (exact) mass is 318 g/mol. The van der Waals surface area contributed by atoms with Crippen LogP contribution in [0.25, 0.3) is 0 Å². The van der Waals surface area contributed by atoms with E-state index in [1.807, 2.05) is 27.8 Å². The Kier molecular flexibility index (Phi) is 4.28. The highest BCUT2D eigenvalue weighted by molar-refractivity contribution is 7.91. The molecule has 1 fully saturated rings. The van der Waals surface area contributed by atoms with Crippen molar-refractivity contribution in [3.05, 3.63) is 16.5 Å². The zero-order valence-electron chi connectivity index (χ0n) is 12.4. The molecule has 2 rings (SSSR count). The molecule has 1 N–H and O–H groups in total. The molecule has 0 radical (unpaired) electrons. The highest BCUT2D eigenvalue weighted by Crippen LogP contribution is 2.31. The second-order valence-electron chi connectivity index (χ2n) is 5.90. The molecule has 0 aliphatic carbocycles. The number of nitrogens with zero attached hydrogens (tertiary/aromatic N) is 2. The van der Waals surface area contributed by atoms with Crippen molar-refractivity contribution < 1.29 is 13.5 Å². The van der Waals surface area contributed by atoms with Crippen molar-refractivity contribution in [3.8, 4) is 0 Å². The first-order valence-electron chi connectivity index (χ1n) is 6.60. The third-order valence-corrected chi connectivity index (χ3v) is 7.53. The van der Waals surface area contributed by atoms with Crippen LogP contribution in [0.2, 0.25) is 0 Å². The first-order chi connectivity index (χ1) is 9.18. The highest BCUT2D eigenvalue weighted by atomic mass is 32.2. The van der Waals surface area contributed by atoms with Crippen LogP contribution in [-0.2, 0) is 16.6 Å². The first-order valence-corrected chi connectivity index (χ1v) is 8.86. The van der Waals surface area contributed by atoms with Crippen molar-refractivity contribution in [1.82, 2.24) is 9.21 Å². The number of piperazine rings is 1. The lowest BCUT2D eigenvalue weighted by Crippen LogP contribution is -2.58. The van der Waals surface area contributed by atoms with Crippen LogP contribution in [0, 0.1) is 6.92 Å². The Hall–Kier alpha value is -0.470. The quantitative estimate of drug-likeness (QED) is 0.911. The number of thiophene rings is 1. The van der Waals surface area contributed by atoms with Gasteiger partial charge in [0.1, 0.15) is 4.21 Å². The lowest BCUT2D eigenvalue weighted by molar-refractivity contribution is 0.0802. The summed E-state index contributed by atoms with van der Waals surface area (Å²) >= 11 is 1.17. The molecule has 5 nitrogen and oxygen atoms in total. The van der Waals surface area contributed by atoms with Crippen molar-refractivity contribution in [2.45, 2.75) is 37.1 Å². The van der Waals surface area contributed by atoms with Gasteiger partial charge in [-0.1, -0.05) is 0 Å². The first kappa shape index (κ1) is 15.9. The van der Waals surface area contributed by atoms with Gasteiger partial charge in [0, 0.05) is 30.1 Å². The molecule has 0 spiro atoms. The minimum atomic E-state index is -3.45. The maximum Gasteiger partial charge on any atom is 0.252 e. The Bertz CT molecular complexity index is 593. The molecule has 1 aliphatic heterocycles. The summed E-state index contributed by atoms with van der Waals surface area (Å²) in [6, 6.07) is 1.66. The Balaban J connectivity index is 2.31. The molecular formula is C13H22N2O3S2. The fraction of sp³-hybridized carbons (Fsp3) is 0.692. The number of likely N-dealkylation sites (N-methyl/N-ethyl adjacent to an activating group) is 1. The third kappa shape index (κ3) is 2.78. The zero-order chi connectivity index (χ0) is 15.1. The number of aliphatic hydroxyl groups excluding tert-OH is 1. The van der Waals surface area contributed by atoms with E-state index in [1.54, 1.807) is 10.4 Å². The molecule has 2 heterocycles. The van der Waals surface area contributed by atoms with Gasteiger partial charge in [-0.3, -0.25) is 4.90 Å². The van der Waals surface area contributed by atoms with Gasteiger partial charge < -0.3 is 5.11 Å². The molecule has 20 heavy (non-hydrogen) atoms. The van der Waals surface area contributed by atoms with Gasteiger partial charge in [0.05, 0.1) is 6.61 Å². The lowest BCUT2D eigenvalue weighted by Gasteiger charge is -2.44. The summed E-state index contributed by atoms with van der Waals surface area (Å²) in [6.45, 7) is 7.53. The molecule has 114 valence electrons. The summed E-state index contributed by atoms with van der Waals surface area (Å²) in [6.07, 6.45) is 0. The molecule has 7 heteroatoms. The van der Waals surface area contributed by atoms with Crippen LogP contribution < -0.4 is 0 Å². The van der Waals surface area contributed by atoms with Gasteiger partial charge in [-0.25, -0.2) is 8.42 Å². The minimum absolute atomic E-state index is 0.111. The fourth-order valence-electron chi connectivity index (χ4n) is 2.30. The molecular weight excluding hydrogens is 296 g/mol. The van der Waals surface area contributed by atoms with E-state index in [2.05, 4.69) is 4.90 Å². The SMILES string of the molecule is Cc1cc(S(=O)(=O)N2CCN(C)C(C)(C)C2)sc1CO. The van der Waals surface area contributed by atoms with E-state index in [0.29, 0.717) is 17.3 Å². The van der Waals surface area contributed by atoms with E-state index in [9.17, 15) is 13.5 Å². The third-order valence-electron chi connectivity index (χ3n) is 4.02. The van der Waals surface area contributed by atoms with Gasteiger partial charge in [0.25, 0.3) is 10.0 Å². The van der Waals surface area contributed by atoms with E-state index in [4.69, 9.17) is 0 Å². The number of aryl methyl sites for hydroxylation is 1. The molecule has 0 bridgehead atoms. The molecule has 1 aliphatic rings. The summed E-state index contributed by atoms with van der Waals surface area (Å²) in [4.78, 5) is 2.90. The fourth-order valence-corrected chi connectivity index (χ4v) is 5.49. The highest BCUT2D eigenvalue weighted by Gasteiger charge is 2.37. The van der Waals surface area contributed by atoms with Crippen molar-refractivity contribution in [2.24, 2.45) is 0 Å². The standard InChI is InChI=1S/C13H22N2O3S2/c1-10-7-12(19-11(10)8-16)20(17,18)15-6-5-14(4)13(2,3)9-15/h7,16H,5-6,8-9H2,1-4H3. The number of sulfonamides is 1. The molecule has 1 aromatic heterocycles. The van der Waals surface area contributed by atoms with Crippen LogP contribution in [0.1, 0.15) is 24.3 Å². The molecule has 0 atom stereocenters. The van der Waals surface area contributed by atoms with Gasteiger partial charge in [-0.2, -0.15) is 4.31 Å². The van der Waals surface area contributed by atoms with Crippen molar-refractivity contribution in [2.75, 3.05) is 26.7 Å². The van der Waals surface area contributed by atoms with Gasteiger partial charge in [-0.15, -0.1) is 11.3 Å². The van der Waals surface area contributed by atoms with E-state index < -0.39 is 10.0 Å². The number of aliphatic hydroxyl groups is 1. The van der Waals surface area contributed by atoms with Gasteiger partial charge in [-0.05, 0) is 39.4 Å². The van der Waals surface area contributed by atoms with Crippen LogP contribution in [0.3, 0.4) is 0 Å². The zero-order valence-corrected chi connectivity index (χ0v) is 14.0. The lowest BCUT2D eigenvalue weighted by atomic mass is 10.0. The van der Waals surface area contributed by atoms with E-state index in [0.717, 1.165) is 17.0 Å². The molecule has 1 saturated heterocycles. The Morgan fingerprint density at radius 2 is 2.05 bits per heavy atom. The van der Waals surface area contributed by atoms with Crippen LogP contribution in [-0.4, -0.2) is 55.0 Å². The van der Waals surface area contributed by atoms with Gasteiger partial charge >= 0.3 is 0 Å². The molecule has 0 aromatic carbocycles. The summed E-state index contributed by atoms with van der Waals surface area (Å²) < 4.78 is 27.3. The van der Waals surface area contributed by atoms with Crippen molar-refractivity contribution in [3.63, 3.8) is 0 Å². The molecule has 0 unspecified atom stereocenters. The Morgan fingerprint density at radius 3 is 2.55 bits per heavy atom. The Morgan fingerprint density at radius 1 is 1.40 bits per heavy atom.